The topological polar surface area (TPSA) is 53.1 Å². The molecule has 1 saturated carbocycles. The van der Waals surface area contributed by atoms with Gasteiger partial charge >= 0.3 is 0 Å². The summed E-state index contributed by atoms with van der Waals surface area (Å²) in [4.78, 5) is 4.58. The van der Waals surface area contributed by atoms with Crippen LogP contribution in [-0.2, 0) is 0 Å². The summed E-state index contributed by atoms with van der Waals surface area (Å²) in [6, 6.07) is 6.18. The number of imidazole rings is 1. The fourth-order valence-electron chi connectivity index (χ4n) is 2.99. The molecule has 0 aromatic carbocycles. The quantitative estimate of drug-likeness (QED) is 0.894. The third kappa shape index (κ3) is 2.06. The number of pyridine rings is 1. The molecule has 0 amide bonds. The minimum absolute atomic E-state index is 0.496. The monoisotopic (exact) mass is 254 g/mol. The van der Waals surface area contributed by atoms with Gasteiger partial charge in [-0.2, -0.15) is 5.26 Å². The summed E-state index contributed by atoms with van der Waals surface area (Å²) < 4.78 is 2.10. The van der Waals surface area contributed by atoms with Crippen molar-refractivity contribution in [1.29, 1.82) is 5.26 Å². The Morgan fingerprint density at radius 2 is 2.11 bits per heavy atom. The second-order valence-electron chi connectivity index (χ2n) is 5.19. The first-order valence-electron chi connectivity index (χ1n) is 6.93. The predicted octanol–water partition coefficient (Wildman–Crippen LogP) is 3.30. The Bertz CT molecular complexity index is 629. The maximum absolute atomic E-state index is 9.23. The molecule has 2 heterocycles. The number of anilines is 1. The van der Waals surface area contributed by atoms with Gasteiger partial charge in [-0.3, -0.25) is 0 Å². The van der Waals surface area contributed by atoms with Gasteiger partial charge in [0.25, 0.3) is 0 Å². The van der Waals surface area contributed by atoms with E-state index in [0.29, 0.717) is 11.6 Å². The molecule has 98 valence electrons. The first kappa shape index (κ1) is 12.0. The molecule has 4 heteroatoms. The normalized spacial score (nSPS) is 16.4. The molecule has 3 rings (SSSR count). The maximum atomic E-state index is 9.23. The van der Waals surface area contributed by atoms with E-state index in [1.165, 1.54) is 32.1 Å². The second-order valence-corrected chi connectivity index (χ2v) is 5.19. The van der Waals surface area contributed by atoms with Crippen LogP contribution >= 0.6 is 0 Å². The average molecular weight is 254 g/mol. The van der Waals surface area contributed by atoms with Crippen LogP contribution in [0.15, 0.2) is 18.3 Å². The van der Waals surface area contributed by atoms with Crippen molar-refractivity contribution in [2.24, 2.45) is 0 Å². The van der Waals surface area contributed by atoms with Gasteiger partial charge in [-0.1, -0.05) is 19.3 Å². The summed E-state index contributed by atoms with van der Waals surface area (Å²) in [6.07, 6.45) is 8.29. The van der Waals surface area contributed by atoms with E-state index >= 15 is 0 Å². The van der Waals surface area contributed by atoms with E-state index in [2.05, 4.69) is 20.8 Å². The van der Waals surface area contributed by atoms with E-state index in [4.69, 9.17) is 0 Å². The van der Waals surface area contributed by atoms with Crippen LogP contribution in [-0.4, -0.2) is 16.4 Å². The Kier molecular flexibility index (Phi) is 3.12. The molecule has 0 bridgehead atoms. The molecular formula is C15H18N4. The molecule has 2 aromatic heterocycles. The van der Waals surface area contributed by atoms with Crippen molar-refractivity contribution in [3.8, 4) is 6.07 Å². The number of nitrogens with zero attached hydrogens (tertiary/aromatic N) is 3. The number of aromatic nitrogens is 2. The molecule has 1 N–H and O–H groups in total. The minimum Gasteiger partial charge on any atom is -0.387 e. The number of hydrogen-bond donors (Lipinski definition) is 1. The van der Waals surface area contributed by atoms with Gasteiger partial charge in [-0.05, 0) is 25.0 Å². The highest BCUT2D eigenvalue weighted by molar-refractivity contribution is 5.62. The second kappa shape index (κ2) is 4.93. The Morgan fingerprint density at radius 1 is 1.32 bits per heavy atom. The van der Waals surface area contributed by atoms with Crippen molar-refractivity contribution in [2.75, 3.05) is 12.4 Å². The Balaban J connectivity index is 2.14. The van der Waals surface area contributed by atoms with Crippen LogP contribution in [0.25, 0.3) is 5.52 Å². The zero-order valence-corrected chi connectivity index (χ0v) is 11.2. The lowest BCUT2D eigenvalue weighted by atomic mass is 9.89. The number of hydrogen-bond acceptors (Lipinski definition) is 3. The summed E-state index contributed by atoms with van der Waals surface area (Å²) in [5.41, 5.74) is 2.51. The summed E-state index contributed by atoms with van der Waals surface area (Å²) >= 11 is 0. The molecule has 0 radical (unpaired) electrons. The zero-order chi connectivity index (χ0) is 13.2. The first-order chi connectivity index (χ1) is 9.33. The summed E-state index contributed by atoms with van der Waals surface area (Å²) in [5, 5.41) is 12.4. The van der Waals surface area contributed by atoms with E-state index in [9.17, 15) is 5.26 Å². The highest BCUT2D eigenvalue weighted by Crippen LogP contribution is 2.33. The van der Waals surface area contributed by atoms with E-state index < -0.39 is 0 Å². The van der Waals surface area contributed by atoms with Crippen LogP contribution < -0.4 is 5.32 Å². The third-order valence-electron chi connectivity index (χ3n) is 4.03. The van der Waals surface area contributed by atoms with E-state index in [0.717, 1.165) is 17.0 Å². The Hall–Kier alpha value is -2.02. The average Bonchev–Trinajstić information content (AvgIpc) is 2.86. The molecule has 19 heavy (non-hydrogen) atoms. The van der Waals surface area contributed by atoms with Gasteiger partial charge in [0, 0.05) is 19.2 Å². The smallest absolute Gasteiger partial charge is 0.166 e. The Labute approximate surface area is 113 Å². The van der Waals surface area contributed by atoms with Crippen LogP contribution in [0.5, 0.6) is 0 Å². The Morgan fingerprint density at radius 3 is 2.79 bits per heavy atom. The van der Waals surface area contributed by atoms with E-state index in [1.807, 2.05) is 25.4 Å². The highest BCUT2D eigenvalue weighted by atomic mass is 15.0. The van der Waals surface area contributed by atoms with Gasteiger partial charge < -0.3 is 9.72 Å². The van der Waals surface area contributed by atoms with Crippen molar-refractivity contribution >= 4 is 11.2 Å². The van der Waals surface area contributed by atoms with Crippen LogP contribution in [0.1, 0.15) is 49.5 Å². The van der Waals surface area contributed by atoms with Gasteiger partial charge in [0.15, 0.2) is 5.69 Å². The molecule has 0 saturated heterocycles. The van der Waals surface area contributed by atoms with Crippen LogP contribution in [0.2, 0.25) is 0 Å². The molecule has 2 aromatic rings. The SMILES string of the molecule is CNc1ccc2c(C#N)nc(C3CCCCC3)n2c1. The van der Waals surface area contributed by atoms with Gasteiger partial charge in [-0.25, -0.2) is 4.98 Å². The zero-order valence-electron chi connectivity index (χ0n) is 11.2. The van der Waals surface area contributed by atoms with Crippen molar-refractivity contribution in [1.82, 2.24) is 9.38 Å². The van der Waals surface area contributed by atoms with Crippen molar-refractivity contribution in [3.05, 3.63) is 29.8 Å². The number of rotatable bonds is 2. The number of nitrogens with one attached hydrogen (secondary N) is 1. The lowest BCUT2D eigenvalue weighted by Crippen LogP contribution is -2.08. The predicted molar refractivity (Wildman–Crippen MR) is 75.3 cm³/mol. The fraction of sp³-hybridized carbons (Fsp3) is 0.467. The molecule has 0 aliphatic heterocycles. The molecule has 1 aliphatic carbocycles. The van der Waals surface area contributed by atoms with Gasteiger partial charge in [0.2, 0.25) is 0 Å². The van der Waals surface area contributed by atoms with Gasteiger partial charge in [-0.15, -0.1) is 0 Å². The molecule has 4 nitrogen and oxygen atoms in total. The van der Waals surface area contributed by atoms with Crippen molar-refractivity contribution < 1.29 is 0 Å². The third-order valence-corrected chi connectivity index (χ3v) is 4.03. The lowest BCUT2D eigenvalue weighted by molar-refractivity contribution is 0.427. The van der Waals surface area contributed by atoms with Crippen molar-refractivity contribution in [3.63, 3.8) is 0 Å². The molecule has 0 unspecified atom stereocenters. The molecular weight excluding hydrogens is 236 g/mol. The van der Waals surface area contributed by atoms with Crippen LogP contribution in [0, 0.1) is 11.3 Å². The molecule has 1 aliphatic rings. The minimum atomic E-state index is 0.496. The first-order valence-corrected chi connectivity index (χ1v) is 6.93. The molecule has 0 atom stereocenters. The van der Waals surface area contributed by atoms with Gasteiger partial charge in [0.1, 0.15) is 11.9 Å². The van der Waals surface area contributed by atoms with E-state index in [-0.39, 0.29) is 0 Å². The number of nitriles is 1. The van der Waals surface area contributed by atoms with Gasteiger partial charge in [0.05, 0.1) is 11.2 Å². The highest BCUT2D eigenvalue weighted by Gasteiger charge is 2.22. The lowest BCUT2D eigenvalue weighted by Gasteiger charge is -2.20. The van der Waals surface area contributed by atoms with Crippen LogP contribution in [0.4, 0.5) is 5.69 Å². The standard InChI is InChI=1S/C15H18N4/c1-17-12-7-8-14-13(9-16)18-15(19(14)10-12)11-5-3-2-4-6-11/h7-8,10-11,17H,2-6H2,1H3. The summed E-state index contributed by atoms with van der Waals surface area (Å²) in [7, 11) is 1.91. The maximum Gasteiger partial charge on any atom is 0.166 e. The van der Waals surface area contributed by atoms with Crippen molar-refractivity contribution in [2.45, 2.75) is 38.0 Å². The fourth-order valence-corrected chi connectivity index (χ4v) is 2.99. The van der Waals surface area contributed by atoms with Crippen LogP contribution in [0.3, 0.4) is 0 Å². The number of fused-ring (bicyclic) bond motifs is 1. The molecule has 0 spiro atoms. The molecule has 1 fully saturated rings. The van der Waals surface area contributed by atoms with E-state index in [1.54, 1.807) is 0 Å². The summed E-state index contributed by atoms with van der Waals surface area (Å²) in [5.74, 6) is 1.55. The summed E-state index contributed by atoms with van der Waals surface area (Å²) in [6.45, 7) is 0. The largest absolute Gasteiger partial charge is 0.387 e.